The van der Waals surface area contributed by atoms with Crippen molar-refractivity contribution in [3.8, 4) is 10.4 Å². The highest BCUT2D eigenvalue weighted by atomic mass is 32.1. The second kappa shape index (κ2) is 7.76. The number of carbonyl (C=O) groups is 1. The van der Waals surface area contributed by atoms with Crippen LogP contribution in [0.5, 0.6) is 0 Å². The van der Waals surface area contributed by atoms with Crippen molar-refractivity contribution < 1.29 is 4.79 Å². The summed E-state index contributed by atoms with van der Waals surface area (Å²) >= 11 is 1.66. The van der Waals surface area contributed by atoms with Crippen LogP contribution in [0.2, 0.25) is 0 Å². The predicted octanol–water partition coefficient (Wildman–Crippen LogP) is 5.08. The molecule has 0 unspecified atom stereocenters. The standard InChI is InChI=1S/C23H30N2OS/c1-16-14-19(6-7-20(16)18-8-12-24(3)13-9-18)21-15-17(2)22(27-21)23(26)25-10-4-5-11-25/h6-7,14-15,18H,4-5,8-13H2,1-3H3. The molecule has 2 saturated heterocycles. The average molecular weight is 383 g/mol. The Labute approximate surface area is 167 Å². The summed E-state index contributed by atoms with van der Waals surface area (Å²) in [5.41, 5.74) is 5.26. The van der Waals surface area contributed by atoms with Crippen molar-refractivity contribution in [1.82, 2.24) is 9.80 Å². The Kier molecular flexibility index (Phi) is 5.38. The van der Waals surface area contributed by atoms with Crippen LogP contribution in [0.3, 0.4) is 0 Å². The van der Waals surface area contributed by atoms with E-state index in [1.54, 1.807) is 11.3 Å². The summed E-state index contributed by atoms with van der Waals surface area (Å²) in [7, 11) is 2.21. The molecule has 4 heteroatoms. The second-order valence-electron chi connectivity index (χ2n) is 8.27. The number of rotatable bonds is 3. The van der Waals surface area contributed by atoms with Crippen molar-refractivity contribution in [1.29, 1.82) is 0 Å². The molecule has 2 fully saturated rings. The largest absolute Gasteiger partial charge is 0.338 e. The van der Waals surface area contributed by atoms with Crippen LogP contribution in [0.4, 0.5) is 0 Å². The minimum absolute atomic E-state index is 0.223. The Hall–Kier alpha value is -1.65. The summed E-state index contributed by atoms with van der Waals surface area (Å²) in [6.45, 7) is 8.53. The molecule has 1 aromatic heterocycles. The van der Waals surface area contributed by atoms with E-state index < -0.39 is 0 Å². The van der Waals surface area contributed by atoms with Gasteiger partial charge >= 0.3 is 0 Å². The van der Waals surface area contributed by atoms with E-state index in [0.717, 1.165) is 36.4 Å². The molecular weight excluding hydrogens is 352 g/mol. The third kappa shape index (κ3) is 3.83. The van der Waals surface area contributed by atoms with Crippen molar-refractivity contribution in [2.24, 2.45) is 0 Å². The van der Waals surface area contributed by atoms with Gasteiger partial charge < -0.3 is 9.80 Å². The number of hydrogen-bond acceptors (Lipinski definition) is 3. The minimum Gasteiger partial charge on any atom is -0.338 e. The van der Waals surface area contributed by atoms with Crippen LogP contribution in [-0.4, -0.2) is 48.9 Å². The minimum atomic E-state index is 0.223. The normalized spacial score (nSPS) is 19.0. The molecule has 0 aliphatic carbocycles. The van der Waals surface area contributed by atoms with Gasteiger partial charge in [-0.3, -0.25) is 4.79 Å². The van der Waals surface area contributed by atoms with E-state index in [1.165, 1.54) is 47.5 Å². The van der Waals surface area contributed by atoms with Gasteiger partial charge in [0.1, 0.15) is 0 Å². The molecule has 0 N–H and O–H groups in total. The number of hydrogen-bond donors (Lipinski definition) is 0. The van der Waals surface area contributed by atoms with Crippen LogP contribution in [0.25, 0.3) is 10.4 Å². The molecule has 3 heterocycles. The van der Waals surface area contributed by atoms with Crippen molar-refractivity contribution in [3.05, 3.63) is 45.8 Å². The van der Waals surface area contributed by atoms with E-state index in [1.807, 2.05) is 4.90 Å². The van der Waals surface area contributed by atoms with Crippen LogP contribution in [0.15, 0.2) is 24.3 Å². The number of thiophene rings is 1. The topological polar surface area (TPSA) is 23.6 Å². The van der Waals surface area contributed by atoms with Crippen LogP contribution in [0, 0.1) is 13.8 Å². The fourth-order valence-corrected chi connectivity index (χ4v) is 5.64. The maximum atomic E-state index is 12.8. The lowest BCUT2D eigenvalue weighted by atomic mass is 9.86. The van der Waals surface area contributed by atoms with Crippen molar-refractivity contribution in [3.63, 3.8) is 0 Å². The summed E-state index contributed by atoms with van der Waals surface area (Å²) in [6, 6.07) is 9.11. The molecule has 4 rings (SSSR count). The predicted molar refractivity (Wildman–Crippen MR) is 114 cm³/mol. The van der Waals surface area contributed by atoms with Gasteiger partial charge in [0.25, 0.3) is 5.91 Å². The average Bonchev–Trinajstić information content (AvgIpc) is 3.32. The van der Waals surface area contributed by atoms with Gasteiger partial charge in [0.2, 0.25) is 0 Å². The molecule has 2 aliphatic heterocycles. The van der Waals surface area contributed by atoms with Crippen molar-refractivity contribution >= 4 is 17.2 Å². The molecule has 0 atom stereocenters. The second-order valence-corrected chi connectivity index (χ2v) is 9.32. The highest BCUT2D eigenvalue weighted by Crippen LogP contribution is 2.36. The molecular formula is C23H30N2OS. The van der Waals surface area contributed by atoms with Gasteiger partial charge in [-0.2, -0.15) is 0 Å². The Morgan fingerprint density at radius 1 is 1.00 bits per heavy atom. The first-order valence-electron chi connectivity index (χ1n) is 10.2. The zero-order valence-corrected chi connectivity index (χ0v) is 17.6. The highest BCUT2D eigenvalue weighted by molar-refractivity contribution is 7.17. The molecule has 0 saturated carbocycles. The molecule has 3 nitrogen and oxygen atoms in total. The SMILES string of the molecule is Cc1cc(-c2cc(C)c(C(=O)N3CCCC3)s2)ccc1C1CCN(C)CC1. The number of benzene rings is 1. The molecule has 1 amide bonds. The highest BCUT2D eigenvalue weighted by Gasteiger charge is 2.24. The van der Waals surface area contributed by atoms with E-state index in [0.29, 0.717) is 5.92 Å². The maximum Gasteiger partial charge on any atom is 0.264 e. The van der Waals surface area contributed by atoms with Gasteiger partial charge in [-0.05, 0) is 93.9 Å². The van der Waals surface area contributed by atoms with E-state index in [4.69, 9.17) is 0 Å². The first kappa shape index (κ1) is 18.7. The van der Waals surface area contributed by atoms with Gasteiger partial charge in [0.15, 0.2) is 0 Å². The number of likely N-dealkylation sites (tertiary alicyclic amines) is 2. The Balaban J connectivity index is 1.56. The number of piperidine rings is 1. The van der Waals surface area contributed by atoms with E-state index >= 15 is 0 Å². The third-order valence-corrected chi connectivity index (χ3v) is 7.49. The Morgan fingerprint density at radius 2 is 1.70 bits per heavy atom. The molecule has 0 radical (unpaired) electrons. The molecule has 144 valence electrons. The third-order valence-electron chi connectivity index (χ3n) is 6.22. The molecule has 1 aromatic carbocycles. The summed E-state index contributed by atoms with van der Waals surface area (Å²) in [6.07, 6.45) is 4.79. The number of aryl methyl sites for hydroxylation is 2. The summed E-state index contributed by atoms with van der Waals surface area (Å²) < 4.78 is 0. The van der Waals surface area contributed by atoms with Crippen LogP contribution in [0.1, 0.15) is 58.0 Å². The fourth-order valence-electron chi connectivity index (χ4n) is 4.51. The first-order valence-corrected chi connectivity index (χ1v) is 11.0. The summed E-state index contributed by atoms with van der Waals surface area (Å²) in [5, 5.41) is 0. The van der Waals surface area contributed by atoms with Gasteiger partial charge in [-0.25, -0.2) is 0 Å². The quantitative estimate of drug-likeness (QED) is 0.739. The molecule has 0 bridgehead atoms. The summed E-state index contributed by atoms with van der Waals surface area (Å²) in [5.74, 6) is 0.911. The van der Waals surface area contributed by atoms with Crippen LogP contribution in [-0.2, 0) is 0 Å². The van der Waals surface area contributed by atoms with E-state index in [-0.39, 0.29) is 5.91 Å². The molecule has 0 spiro atoms. The zero-order valence-electron chi connectivity index (χ0n) is 16.8. The van der Waals surface area contributed by atoms with Crippen LogP contribution >= 0.6 is 11.3 Å². The lowest BCUT2D eigenvalue weighted by molar-refractivity contribution is 0.0797. The fraction of sp³-hybridized carbons (Fsp3) is 0.522. The molecule has 2 aromatic rings. The summed E-state index contributed by atoms with van der Waals surface area (Å²) in [4.78, 5) is 19.4. The number of carbonyl (C=O) groups excluding carboxylic acids is 1. The van der Waals surface area contributed by atoms with Gasteiger partial charge in [-0.15, -0.1) is 11.3 Å². The number of amides is 1. The molecule has 2 aliphatic rings. The smallest absolute Gasteiger partial charge is 0.264 e. The maximum absolute atomic E-state index is 12.8. The monoisotopic (exact) mass is 382 g/mol. The lowest BCUT2D eigenvalue weighted by Crippen LogP contribution is -2.29. The first-order chi connectivity index (χ1) is 13.0. The Bertz CT molecular complexity index is 827. The lowest BCUT2D eigenvalue weighted by Gasteiger charge is -2.30. The molecule has 27 heavy (non-hydrogen) atoms. The van der Waals surface area contributed by atoms with E-state index in [2.05, 4.69) is 50.1 Å². The Morgan fingerprint density at radius 3 is 2.37 bits per heavy atom. The zero-order chi connectivity index (χ0) is 19.0. The van der Waals surface area contributed by atoms with Gasteiger partial charge in [-0.1, -0.05) is 18.2 Å². The van der Waals surface area contributed by atoms with Crippen LogP contribution < -0.4 is 0 Å². The van der Waals surface area contributed by atoms with Crippen molar-refractivity contribution in [2.45, 2.75) is 45.4 Å². The van der Waals surface area contributed by atoms with Crippen molar-refractivity contribution in [2.75, 3.05) is 33.2 Å². The van der Waals surface area contributed by atoms with E-state index in [9.17, 15) is 4.79 Å². The van der Waals surface area contributed by atoms with Gasteiger partial charge in [0.05, 0.1) is 4.88 Å². The van der Waals surface area contributed by atoms with Gasteiger partial charge in [0, 0.05) is 18.0 Å². The number of nitrogens with zero attached hydrogens (tertiary/aromatic N) is 2.